The molecule has 2 N–H and O–H groups in total. The van der Waals surface area contributed by atoms with Gasteiger partial charge in [0.05, 0.1) is 11.1 Å². The Hall–Kier alpha value is -1.25. The van der Waals surface area contributed by atoms with Crippen LogP contribution in [0.5, 0.6) is 11.5 Å². The van der Waals surface area contributed by atoms with Crippen LogP contribution in [0, 0.1) is 11.3 Å². The summed E-state index contributed by atoms with van der Waals surface area (Å²) in [5.74, 6) is 1.15. The number of nitriles is 1. The molecule has 0 aliphatic heterocycles. The van der Waals surface area contributed by atoms with Crippen molar-refractivity contribution in [1.82, 2.24) is 0 Å². The summed E-state index contributed by atoms with van der Waals surface area (Å²) in [6.07, 6.45) is 0. The summed E-state index contributed by atoms with van der Waals surface area (Å²) in [5, 5.41) is 8.49. The maximum absolute atomic E-state index is 8.49. The largest absolute Gasteiger partial charge is 0.490 e. The van der Waals surface area contributed by atoms with Gasteiger partial charge in [-0.25, -0.2) is 0 Å². The number of nitrogens with two attached hydrogens (primary N) is 1. The molecule has 0 amide bonds. The molecule has 5 heteroatoms. The first-order chi connectivity index (χ1) is 7.72. The average Bonchev–Trinajstić information content (AvgIpc) is 2.28. The minimum Gasteiger partial charge on any atom is -0.490 e. The van der Waals surface area contributed by atoms with E-state index in [4.69, 9.17) is 20.5 Å². The smallest absolute Gasteiger partial charge is 0.176 e. The van der Waals surface area contributed by atoms with Gasteiger partial charge in [-0.2, -0.15) is 5.26 Å². The highest BCUT2D eigenvalue weighted by Gasteiger charge is 2.11. The van der Waals surface area contributed by atoms with Gasteiger partial charge in [0.25, 0.3) is 0 Å². The van der Waals surface area contributed by atoms with Crippen LogP contribution in [0.2, 0.25) is 0 Å². The second-order valence-electron chi connectivity index (χ2n) is 2.99. The molecular weight excluding hydrogens is 272 g/mol. The molecule has 0 atom stereocenters. The lowest BCUT2D eigenvalue weighted by Crippen LogP contribution is -2.03. The predicted molar refractivity (Wildman–Crippen MR) is 64.3 cm³/mol. The molecule has 0 heterocycles. The Morgan fingerprint density at radius 1 is 1.44 bits per heavy atom. The summed E-state index contributed by atoms with van der Waals surface area (Å²) < 4.78 is 11.5. The zero-order chi connectivity index (χ0) is 12.0. The molecule has 1 aromatic rings. The Labute approximate surface area is 103 Å². The number of hydrogen-bond donors (Lipinski definition) is 1. The van der Waals surface area contributed by atoms with Crippen molar-refractivity contribution in [2.45, 2.75) is 13.5 Å². The summed E-state index contributed by atoms with van der Waals surface area (Å²) >= 11 is 3.37. The topological polar surface area (TPSA) is 68.3 Å². The second kappa shape index (κ2) is 6.36. The molecule has 0 aliphatic carbocycles. The molecule has 4 nitrogen and oxygen atoms in total. The van der Waals surface area contributed by atoms with Crippen molar-refractivity contribution in [1.29, 1.82) is 5.26 Å². The van der Waals surface area contributed by atoms with E-state index in [9.17, 15) is 0 Å². The van der Waals surface area contributed by atoms with Crippen molar-refractivity contribution in [3.05, 3.63) is 22.2 Å². The third kappa shape index (κ3) is 3.12. The van der Waals surface area contributed by atoms with Crippen molar-refractivity contribution in [2.75, 3.05) is 13.2 Å². The van der Waals surface area contributed by atoms with Crippen molar-refractivity contribution in [2.24, 2.45) is 5.73 Å². The zero-order valence-electron chi connectivity index (χ0n) is 9.00. The normalized spacial score (nSPS) is 9.62. The van der Waals surface area contributed by atoms with Crippen molar-refractivity contribution in [3.8, 4) is 17.6 Å². The fraction of sp³-hybridized carbons (Fsp3) is 0.364. The first-order valence-corrected chi connectivity index (χ1v) is 5.67. The number of ether oxygens (including phenoxy) is 2. The summed E-state index contributed by atoms with van der Waals surface area (Å²) in [7, 11) is 0. The highest BCUT2D eigenvalue weighted by Crippen LogP contribution is 2.36. The fourth-order valence-corrected chi connectivity index (χ4v) is 1.85. The van der Waals surface area contributed by atoms with Gasteiger partial charge < -0.3 is 15.2 Å². The summed E-state index contributed by atoms with van der Waals surface area (Å²) in [6.45, 7) is 2.83. The van der Waals surface area contributed by atoms with Crippen molar-refractivity contribution in [3.63, 3.8) is 0 Å². The van der Waals surface area contributed by atoms with E-state index in [2.05, 4.69) is 15.9 Å². The third-order valence-electron chi connectivity index (χ3n) is 1.89. The van der Waals surface area contributed by atoms with Gasteiger partial charge in [0.1, 0.15) is 6.07 Å². The minimum absolute atomic E-state index is 0.0132. The first-order valence-electron chi connectivity index (χ1n) is 4.88. The van der Waals surface area contributed by atoms with Crippen molar-refractivity contribution >= 4 is 15.9 Å². The van der Waals surface area contributed by atoms with Gasteiger partial charge in [0.15, 0.2) is 18.1 Å². The molecule has 1 rings (SSSR count). The molecule has 0 bridgehead atoms. The number of benzene rings is 1. The van der Waals surface area contributed by atoms with E-state index in [1.54, 1.807) is 0 Å². The van der Waals surface area contributed by atoms with Crippen LogP contribution in [0.3, 0.4) is 0 Å². The zero-order valence-corrected chi connectivity index (χ0v) is 10.6. The SMILES string of the molecule is CCOc1cc(CN)cc(Br)c1OCC#N. The summed E-state index contributed by atoms with van der Waals surface area (Å²) in [6, 6.07) is 5.59. The highest BCUT2D eigenvalue weighted by atomic mass is 79.9. The van der Waals surface area contributed by atoms with Gasteiger partial charge in [-0.15, -0.1) is 0 Å². The van der Waals surface area contributed by atoms with Crippen LogP contribution in [-0.4, -0.2) is 13.2 Å². The molecule has 0 radical (unpaired) electrons. The van der Waals surface area contributed by atoms with Crippen LogP contribution in [0.4, 0.5) is 0 Å². The van der Waals surface area contributed by atoms with E-state index in [1.807, 2.05) is 25.1 Å². The molecule has 0 unspecified atom stereocenters. The molecule has 0 saturated carbocycles. The molecule has 0 spiro atoms. The Morgan fingerprint density at radius 3 is 2.75 bits per heavy atom. The Bertz CT molecular complexity index is 402. The number of halogens is 1. The van der Waals surface area contributed by atoms with E-state index < -0.39 is 0 Å². The first kappa shape index (κ1) is 12.8. The molecule has 16 heavy (non-hydrogen) atoms. The van der Waals surface area contributed by atoms with Gasteiger partial charge in [0, 0.05) is 6.54 Å². The van der Waals surface area contributed by atoms with Crippen molar-refractivity contribution < 1.29 is 9.47 Å². The second-order valence-corrected chi connectivity index (χ2v) is 3.84. The molecular formula is C11H13BrN2O2. The van der Waals surface area contributed by atoms with Crippen LogP contribution in [0.1, 0.15) is 12.5 Å². The summed E-state index contributed by atoms with van der Waals surface area (Å²) in [4.78, 5) is 0. The van der Waals surface area contributed by atoms with E-state index in [-0.39, 0.29) is 6.61 Å². The maximum Gasteiger partial charge on any atom is 0.176 e. The number of hydrogen-bond acceptors (Lipinski definition) is 4. The van der Waals surface area contributed by atoms with Crippen LogP contribution in [0.15, 0.2) is 16.6 Å². The Morgan fingerprint density at radius 2 is 2.19 bits per heavy atom. The number of nitrogens with zero attached hydrogens (tertiary/aromatic N) is 1. The van der Waals surface area contributed by atoms with Crippen LogP contribution >= 0.6 is 15.9 Å². The quantitative estimate of drug-likeness (QED) is 0.900. The molecule has 86 valence electrons. The molecule has 0 aromatic heterocycles. The average molecular weight is 285 g/mol. The van der Waals surface area contributed by atoms with E-state index in [1.165, 1.54) is 0 Å². The maximum atomic E-state index is 8.49. The molecule has 0 saturated heterocycles. The monoisotopic (exact) mass is 284 g/mol. The molecule has 1 aromatic carbocycles. The van der Waals surface area contributed by atoms with Gasteiger partial charge in [0.2, 0.25) is 0 Å². The third-order valence-corrected chi connectivity index (χ3v) is 2.47. The van der Waals surface area contributed by atoms with E-state index in [0.717, 1.165) is 10.0 Å². The highest BCUT2D eigenvalue weighted by molar-refractivity contribution is 9.10. The Balaban J connectivity index is 3.07. The molecule has 0 fully saturated rings. The van der Waals surface area contributed by atoms with Gasteiger partial charge in [-0.1, -0.05) is 0 Å². The lowest BCUT2D eigenvalue weighted by molar-refractivity contribution is 0.297. The lowest BCUT2D eigenvalue weighted by atomic mass is 10.2. The fourth-order valence-electron chi connectivity index (χ4n) is 1.25. The summed E-state index contributed by atoms with van der Waals surface area (Å²) in [5.41, 5.74) is 6.51. The van der Waals surface area contributed by atoms with Crippen LogP contribution in [0.25, 0.3) is 0 Å². The standard InChI is InChI=1S/C11H13BrN2O2/c1-2-15-10-6-8(7-14)5-9(12)11(10)16-4-3-13/h5-6H,2,4,7,14H2,1H3. The van der Waals surface area contributed by atoms with E-state index in [0.29, 0.717) is 24.7 Å². The van der Waals surface area contributed by atoms with Gasteiger partial charge >= 0.3 is 0 Å². The molecule has 0 aliphatic rings. The predicted octanol–water partition coefficient (Wildman–Crippen LogP) is 2.21. The van der Waals surface area contributed by atoms with Gasteiger partial charge in [-0.05, 0) is 40.5 Å². The van der Waals surface area contributed by atoms with Gasteiger partial charge in [-0.3, -0.25) is 0 Å². The van der Waals surface area contributed by atoms with Crippen LogP contribution in [-0.2, 0) is 6.54 Å². The minimum atomic E-state index is -0.0132. The number of rotatable bonds is 5. The Kier molecular flexibility index (Phi) is 5.09. The van der Waals surface area contributed by atoms with E-state index >= 15 is 0 Å². The van der Waals surface area contributed by atoms with Crippen LogP contribution < -0.4 is 15.2 Å². The lowest BCUT2D eigenvalue weighted by Gasteiger charge is -2.13.